The van der Waals surface area contributed by atoms with Crippen molar-refractivity contribution in [2.45, 2.75) is 6.92 Å². The van der Waals surface area contributed by atoms with Gasteiger partial charge in [0, 0.05) is 39.6 Å². The molecule has 1 fully saturated rings. The highest BCUT2D eigenvalue weighted by molar-refractivity contribution is 7.89. The summed E-state index contributed by atoms with van der Waals surface area (Å²) in [5, 5.41) is 0. The van der Waals surface area contributed by atoms with Crippen molar-refractivity contribution in [1.82, 2.24) is 14.1 Å². The number of nitrogens with zero attached hydrogens (tertiary/aromatic N) is 3. The van der Waals surface area contributed by atoms with Crippen LogP contribution in [0.3, 0.4) is 0 Å². The van der Waals surface area contributed by atoms with Gasteiger partial charge in [0.15, 0.2) is 0 Å². The van der Waals surface area contributed by atoms with Crippen molar-refractivity contribution in [3.63, 3.8) is 0 Å². The van der Waals surface area contributed by atoms with E-state index in [0.29, 0.717) is 24.2 Å². The summed E-state index contributed by atoms with van der Waals surface area (Å²) in [6.45, 7) is 2.42. The van der Waals surface area contributed by atoms with Crippen LogP contribution in [0.4, 0.5) is 0 Å². The average Bonchev–Trinajstić information content (AvgIpc) is 2.84. The molecule has 3 amide bonds. The van der Waals surface area contributed by atoms with E-state index in [9.17, 15) is 22.8 Å². The summed E-state index contributed by atoms with van der Waals surface area (Å²) in [7, 11) is -3.60. The van der Waals surface area contributed by atoms with E-state index >= 15 is 0 Å². The molecule has 1 saturated heterocycles. The highest BCUT2D eigenvalue weighted by Gasteiger charge is 2.36. The topological polar surface area (TPSA) is 95.1 Å². The number of carbonyl (C=O) groups excluding carboxylic acids is 3. The summed E-state index contributed by atoms with van der Waals surface area (Å²) in [6, 6.07) is 6.45. The van der Waals surface area contributed by atoms with E-state index in [-0.39, 0.29) is 31.3 Å². The molecule has 25 heavy (non-hydrogen) atoms. The summed E-state index contributed by atoms with van der Waals surface area (Å²) >= 11 is 0. The lowest BCUT2D eigenvalue weighted by molar-refractivity contribution is -0.129. The van der Waals surface area contributed by atoms with E-state index in [1.165, 1.54) is 11.2 Å². The van der Waals surface area contributed by atoms with Crippen LogP contribution >= 0.6 is 0 Å². The summed E-state index contributed by atoms with van der Waals surface area (Å²) < 4.78 is 26.3. The molecule has 2 heterocycles. The van der Waals surface area contributed by atoms with Crippen LogP contribution in [-0.4, -0.2) is 78.7 Å². The van der Waals surface area contributed by atoms with Crippen LogP contribution < -0.4 is 0 Å². The lowest BCUT2D eigenvalue weighted by Gasteiger charge is -2.33. The number of amides is 3. The largest absolute Gasteiger partial charge is 0.340 e. The lowest BCUT2D eigenvalue weighted by atomic mass is 10.1. The molecule has 0 aliphatic carbocycles. The van der Waals surface area contributed by atoms with Crippen LogP contribution in [0.1, 0.15) is 27.6 Å². The number of piperazine rings is 1. The van der Waals surface area contributed by atoms with Gasteiger partial charge in [0.05, 0.1) is 16.9 Å². The van der Waals surface area contributed by atoms with Crippen molar-refractivity contribution >= 4 is 27.7 Å². The van der Waals surface area contributed by atoms with Crippen LogP contribution in [0.5, 0.6) is 0 Å². The molecule has 0 spiro atoms. The predicted octanol–water partition coefficient (Wildman–Crippen LogP) is -0.223. The molecular formula is C16H19N3O5S. The molecule has 0 saturated carbocycles. The minimum absolute atomic E-state index is 0.0805. The minimum Gasteiger partial charge on any atom is -0.340 e. The van der Waals surface area contributed by atoms with Crippen LogP contribution in [0.2, 0.25) is 0 Å². The number of fused-ring (bicyclic) bond motifs is 1. The molecule has 2 aliphatic rings. The third kappa shape index (κ3) is 3.29. The lowest BCUT2D eigenvalue weighted by Crippen LogP contribution is -2.51. The highest BCUT2D eigenvalue weighted by atomic mass is 32.2. The summed E-state index contributed by atoms with van der Waals surface area (Å²) in [4.78, 5) is 38.4. The summed E-state index contributed by atoms with van der Waals surface area (Å²) in [5.74, 6) is -1.32. The second kappa shape index (κ2) is 6.57. The zero-order chi connectivity index (χ0) is 18.2. The van der Waals surface area contributed by atoms with Crippen molar-refractivity contribution < 1.29 is 22.8 Å². The van der Waals surface area contributed by atoms with Crippen molar-refractivity contribution in [3.05, 3.63) is 35.4 Å². The standard InChI is InChI=1S/C16H19N3O5S/c1-12(20)17-6-8-18(9-7-17)25(23,24)11-10-19-15(21)13-4-2-3-5-14(13)16(19)22/h2-5H,6-11H2,1H3. The number of rotatable bonds is 4. The van der Waals surface area contributed by atoms with Gasteiger partial charge in [-0.1, -0.05) is 12.1 Å². The van der Waals surface area contributed by atoms with Gasteiger partial charge in [-0.05, 0) is 12.1 Å². The quantitative estimate of drug-likeness (QED) is 0.688. The van der Waals surface area contributed by atoms with Crippen molar-refractivity contribution in [2.75, 3.05) is 38.5 Å². The SMILES string of the molecule is CC(=O)N1CCN(S(=O)(=O)CCN2C(=O)c3ccccc3C2=O)CC1. The number of carbonyl (C=O) groups is 3. The molecule has 134 valence electrons. The van der Waals surface area contributed by atoms with E-state index in [1.807, 2.05) is 0 Å². The van der Waals surface area contributed by atoms with E-state index in [0.717, 1.165) is 4.90 Å². The molecule has 0 radical (unpaired) electrons. The zero-order valence-corrected chi connectivity index (χ0v) is 14.7. The first-order valence-electron chi connectivity index (χ1n) is 8.00. The second-order valence-corrected chi connectivity index (χ2v) is 8.12. The molecule has 8 nitrogen and oxygen atoms in total. The van der Waals surface area contributed by atoms with Crippen LogP contribution in [0.25, 0.3) is 0 Å². The van der Waals surface area contributed by atoms with E-state index in [2.05, 4.69) is 0 Å². The normalized spacial score (nSPS) is 18.6. The van der Waals surface area contributed by atoms with Crippen LogP contribution in [0.15, 0.2) is 24.3 Å². The molecule has 2 aliphatic heterocycles. The predicted molar refractivity (Wildman–Crippen MR) is 89.4 cm³/mol. The molecule has 0 N–H and O–H groups in total. The maximum atomic E-state index is 12.5. The monoisotopic (exact) mass is 365 g/mol. The first-order valence-corrected chi connectivity index (χ1v) is 9.61. The van der Waals surface area contributed by atoms with Gasteiger partial charge in [0.1, 0.15) is 0 Å². The minimum atomic E-state index is -3.60. The van der Waals surface area contributed by atoms with Gasteiger partial charge in [0.25, 0.3) is 11.8 Å². The van der Waals surface area contributed by atoms with Crippen LogP contribution in [-0.2, 0) is 14.8 Å². The third-order valence-electron chi connectivity index (χ3n) is 4.53. The van der Waals surface area contributed by atoms with E-state index in [1.54, 1.807) is 29.2 Å². The Bertz CT molecular complexity index is 793. The molecular weight excluding hydrogens is 346 g/mol. The number of hydrogen-bond donors (Lipinski definition) is 0. The molecule has 3 rings (SSSR count). The van der Waals surface area contributed by atoms with Gasteiger partial charge in [-0.25, -0.2) is 8.42 Å². The van der Waals surface area contributed by atoms with Gasteiger partial charge >= 0.3 is 0 Å². The van der Waals surface area contributed by atoms with Crippen molar-refractivity contribution in [3.8, 4) is 0 Å². The van der Waals surface area contributed by atoms with Crippen molar-refractivity contribution in [1.29, 1.82) is 0 Å². The fourth-order valence-electron chi connectivity index (χ4n) is 3.06. The molecule has 0 unspecified atom stereocenters. The molecule has 1 aromatic rings. The first kappa shape index (κ1) is 17.6. The Morgan fingerprint density at radius 1 is 1.00 bits per heavy atom. The van der Waals surface area contributed by atoms with Crippen LogP contribution in [0, 0.1) is 0 Å². The van der Waals surface area contributed by atoms with Gasteiger partial charge in [-0.3, -0.25) is 19.3 Å². The fourth-order valence-corrected chi connectivity index (χ4v) is 4.45. The average molecular weight is 365 g/mol. The fraction of sp³-hybridized carbons (Fsp3) is 0.438. The summed E-state index contributed by atoms with van der Waals surface area (Å²) in [6.07, 6.45) is 0. The van der Waals surface area contributed by atoms with Gasteiger partial charge in [-0.2, -0.15) is 4.31 Å². The maximum absolute atomic E-state index is 12.5. The molecule has 1 aromatic carbocycles. The molecule has 0 bridgehead atoms. The zero-order valence-electron chi connectivity index (χ0n) is 13.8. The molecule has 0 aromatic heterocycles. The second-order valence-electron chi connectivity index (χ2n) is 6.03. The van der Waals surface area contributed by atoms with Crippen molar-refractivity contribution in [2.24, 2.45) is 0 Å². The van der Waals surface area contributed by atoms with Gasteiger partial charge in [0.2, 0.25) is 15.9 Å². The molecule has 0 atom stereocenters. The van der Waals surface area contributed by atoms with E-state index in [4.69, 9.17) is 0 Å². The van der Waals surface area contributed by atoms with Gasteiger partial charge in [-0.15, -0.1) is 0 Å². The number of benzene rings is 1. The smallest absolute Gasteiger partial charge is 0.261 e. The van der Waals surface area contributed by atoms with E-state index < -0.39 is 21.8 Å². The highest BCUT2D eigenvalue weighted by Crippen LogP contribution is 2.22. The Kier molecular flexibility index (Phi) is 4.61. The summed E-state index contributed by atoms with van der Waals surface area (Å²) in [5.41, 5.74) is 0.611. The Morgan fingerprint density at radius 2 is 1.52 bits per heavy atom. The maximum Gasteiger partial charge on any atom is 0.261 e. The first-order chi connectivity index (χ1) is 11.8. The Hall–Kier alpha value is -2.26. The Balaban J connectivity index is 1.63. The Morgan fingerprint density at radius 3 is 2.00 bits per heavy atom. The number of imide groups is 1. The van der Waals surface area contributed by atoms with Gasteiger partial charge < -0.3 is 4.90 Å². The number of hydrogen-bond acceptors (Lipinski definition) is 5. The third-order valence-corrected chi connectivity index (χ3v) is 6.38. The number of sulfonamides is 1. The molecule has 9 heteroatoms. The Labute approximate surface area is 146 Å².